The molecule has 7 heteroatoms. The van der Waals surface area contributed by atoms with Gasteiger partial charge < -0.3 is 10.2 Å². The van der Waals surface area contributed by atoms with E-state index in [0.717, 1.165) is 48.7 Å². The van der Waals surface area contributed by atoms with Crippen molar-refractivity contribution in [2.45, 2.75) is 30.6 Å². The fourth-order valence-electron chi connectivity index (χ4n) is 4.06. The number of likely N-dealkylation sites (tertiary alicyclic amines) is 1. The maximum absolute atomic E-state index is 12.8. The van der Waals surface area contributed by atoms with E-state index in [4.69, 9.17) is 0 Å². The Morgan fingerprint density at radius 3 is 2.47 bits per heavy atom. The van der Waals surface area contributed by atoms with Crippen LogP contribution in [0.1, 0.15) is 36.9 Å². The molecular weight excluding hydrogens is 444 g/mol. The molecule has 1 fully saturated rings. The van der Waals surface area contributed by atoms with E-state index in [2.05, 4.69) is 19.9 Å². The molecule has 0 radical (unpaired) electrons. The van der Waals surface area contributed by atoms with Crippen molar-refractivity contribution in [3.8, 4) is 0 Å². The zero-order valence-corrected chi connectivity index (χ0v) is 20.2. The van der Waals surface area contributed by atoms with Gasteiger partial charge in [0, 0.05) is 24.1 Å². The third-order valence-electron chi connectivity index (χ3n) is 5.85. The predicted molar refractivity (Wildman–Crippen MR) is 139 cm³/mol. The summed E-state index contributed by atoms with van der Waals surface area (Å²) in [6, 6.07) is 20.7. The van der Waals surface area contributed by atoms with Crippen molar-refractivity contribution in [1.29, 1.82) is 0 Å². The van der Waals surface area contributed by atoms with Crippen LogP contribution in [0, 0.1) is 0 Å². The molecule has 1 aliphatic heterocycles. The summed E-state index contributed by atoms with van der Waals surface area (Å²) in [5.74, 6) is 0. The van der Waals surface area contributed by atoms with Crippen molar-refractivity contribution in [3.63, 3.8) is 0 Å². The number of rotatable bonds is 10. The lowest BCUT2D eigenvalue weighted by molar-refractivity contribution is 0.227. The van der Waals surface area contributed by atoms with Gasteiger partial charge in [0.15, 0.2) is 0 Å². The van der Waals surface area contributed by atoms with Crippen molar-refractivity contribution in [3.05, 3.63) is 84.2 Å². The number of piperidine rings is 1. The van der Waals surface area contributed by atoms with Crippen LogP contribution >= 0.6 is 0 Å². The zero-order valence-electron chi connectivity index (χ0n) is 19.4. The van der Waals surface area contributed by atoms with Gasteiger partial charge >= 0.3 is 0 Å². The first kappa shape index (κ1) is 24.1. The predicted octanol–water partition coefficient (Wildman–Crippen LogP) is 5.15. The quantitative estimate of drug-likeness (QED) is 0.396. The highest BCUT2D eigenvalue weighted by Gasteiger charge is 2.15. The average molecular weight is 477 g/mol. The Hall–Kier alpha value is -3.00. The molecule has 178 valence electrons. The second-order valence-electron chi connectivity index (χ2n) is 8.52. The SMILES string of the molecule is O=S(=O)(NCCCN1CCCCC1)c1cccc(Nc2cccc(C=Cc3ccccn3)c2)c1. The van der Waals surface area contributed by atoms with Gasteiger partial charge in [0.1, 0.15) is 0 Å². The molecular formula is C27H32N4O2S. The number of hydrogen-bond donors (Lipinski definition) is 2. The van der Waals surface area contributed by atoms with Crippen molar-refractivity contribution >= 4 is 33.6 Å². The lowest BCUT2D eigenvalue weighted by Crippen LogP contribution is -2.33. The molecule has 34 heavy (non-hydrogen) atoms. The molecule has 0 saturated carbocycles. The van der Waals surface area contributed by atoms with Crippen LogP contribution in [0.5, 0.6) is 0 Å². The third kappa shape index (κ3) is 7.25. The van der Waals surface area contributed by atoms with Crippen molar-refractivity contribution in [2.24, 2.45) is 0 Å². The Kier molecular flexibility index (Phi) is 8.46. The summed E-state index contributed by atoms with van der Waals surface area (Å²) in [6.07, 6.45) is 10.3. The van der Waals surface area contributed by atoms with Crippen LogP contribution in [-0.2, 0) is 10.0 Å². The van der Waals surface area contributed by atoms with Gasteiger partial charge in [-0.3, -0.25) is 4.98 Å². The van der Waals surface area contributed by atoms with E-state index in [-0.39, 0.29) is 4.90 Å². The van der Waals surface area contributed by atoms with Crippen LogP contribution in [0.2, 0.25) is 0 Å². The average Bonchev–Trinajstić information content (AvgIpc) is 2.87. The molecule has 3 aromatic rings. The van der Waals surface area contributed by atoms with E-state index >= 15 is 0 Å². The molecule has 2 N–H and O–H groups in total. The second kappa shape index (κ2) is 11.9. The number of anilines is 2. The molecule has 6 nitrogen and oxygen atoms in total. The van der Waals surface area contributed by atoms with E-state index < -0.39 is 10.0 Å². The minimum atomic E-state index is -3.55. The van der Waals surface area contributed by atoms with Gasteiger partial charge in [-0.2, -0.15) is 0 Å². The topological polar surface area (TPSA) is 74.3 Å². The fourth-order valence-corrected chi connectivity index (χ4v) is 5.18. The highest BCUT2D eigenvalue weighted by Crippen LogP contribution is 2.22. The minimum Gasteiger partial charge on any atom is -0.355 e. The minimum absolute atomic E-state index is 0.265. The van der Waals surface area contributed by atoms with Crippen LogP contribution in [0.15, 0.2) is 77.8 Å². The standard InChI is InChI=1S/C27H32N4O2S/c32-34(33,29-17-8-20-31-18-4-1-5-19-31)27-13-7-12-26(22-27)30-25-11-6-9-23(21-25)14-15-24-10-2-3-16-28-24/h2-3,6-7,9-16,21-22,29-30H,1,4-5,8,17-20H2. The maximum atomic E-state index is 12.8. The fraction of sp³-hybridized carbons (Fsp3) is 0.296. The largest absolute Gasteiger partial charge is 0.355 e. The summed E-state index contributed by atoms with van der Waals surface area (Å²) < 4.78 is 28.3. The molecule has 0 spiro atoms. The van der Waals surface area contributed by atoms with Crippen LogP contribution in [-0.4, -0.2) is 44.5 Å². The van der Waals surface area contributed by atoms with Gasteiger partial charge in [0.2, 0.25) is 10.0 Å². The van der Waals surface area contributed by atoms with Gasteiger partial charge in [-0.1, -0.05) is 36.8 Å². The molecule has 1 aromatic heterocycles. The Morgan fingerprint density at radius 1 is 0.882 bits per heavy atom. The monoisotopic (exact) mass is 476 g/mol. The van der Waals surface area contributed by atoms with Gasteiger partial charge in [-0.05, 0) is 93.0 Å². The van der Waals surface area contributed by atoms with Gasteiger partial charge in [0.05, 0.1) is 10.6 Å². The number of nitrogens with one attached hydrogen (secondary N) is 2. The number of pyridine rings is 1. The van der Waals surface area contributed by atoms with Crippen LogP contribution in [0.4, 0.5) is 11.4 Å². The van der Waals surface area contributed by atoms with Gasteiger partial charge in [0.25, 0.3) is 0 Å². The number of benzene rings is 2. The summed E-state index contributed by atoms with van der Waals surface area (Å²) >= 11 is 0. The first-order chi connectivity index (χ1) is 16.6. The van der Waals surface area contributed by atoms with Crippen LogP contribution < -0.4 is 10.0 Å². The third-order valence-corrected chi connectivity index (χ3v) is 7.30. The van der Waals surface area contributed by atoms with E-state index in [9.17, 15) is 8.42 Å². The Morgan fingerprint density at radius 2 is 1.68 bits per heavy atom. The molecule has 0 atom stereocenters. The summed E-state index contributed by atoms with van der Waals surface area (Å²) in [7, 11) is -3.55. The lowest BCUT2D eigenvalue weighted by atomic mass is 10.1. The zero-order chi connectivity index (χ0) is 23.6. The first-order valence-electron chi connectivity index (χ1n) is 11.9. The number of aromatic nitrogens is 1. The van der Waals surface area contributed by atoms with Gasteiger partial charge in [-0.15, -0.1) is 0 Å². The molecule has 0 aliphatic carbocycles. The van der Waals surface area contributed by atoms with Crippen molar-refractivity contribution < 1.29 is 8.42 Å². The highest BCUT2D eigenvalue weighted by molar-refractivity contribution is 7.89. The smallest absolute Gasteiger partial charge is 0.240 e. The Labute approximate surface area is 202 Å². The molecule has 0 amide bonds. The van der Waals surface area contributed by atoms with E-state index in [0.29, 0.717) is 6.54 Å². The Balaban J connectivity index is 1.35. The number of nitrogens with zero attached hydrogens (tertiary/aromatic N) is 2. The number of sulfonamides is 1. The van der Waals surface area contributed by atoms with Gasteiger partial charge in [-0.25, -0.2) is 13.1 Å². The second-order valence-corrected chi connectivity index (χ2v) is 10.3. The molecule has 2 heterocycles. The molecule has 4 rings (SSSR count). The van der Waals surface area contributed by atoms with E-state index in [1.54, 1.807) is 24.4 Å². The summed E-state index contributed by atoms with van der Waals surface area (Å²) in [5, 5.41) is 3.32. The van der Waals surface area contributed by atoms with Crippen LogP contribution in [0.25, 0.3) is 12.2 Å². The molecule has 0 bridgehead atoms. The first-order valence-corrected chi connectivity index (χ1v) is 13.4. The summed E-state index contributed by atoms with van der Waals surface area (Å²) in [4.78, 5) is 6.98. The van der Waals surface area contributed by atoms with Crippen molar-refractivity contribution in [1.82, 2.24) is 14.6 Å². The molecule has 1 saturated heterocycles. The molecule has 1 aliphatic rings. The summed E-state index contributed by atoms with van der Waals surface area (Å²) in [5.41, 5.74) is 3.52. The van der Waals surface area contributed by atoms with Crippen LogP contribution in [0.3, 0.4) is 0 Å². The summed E-state index contributed by atoms with van der Waals surface area (Å²) in [6.45, 7) is 3.64. The van der Waals surface area contributed by atoms with Crippen molar-refractivity contribution in [2.75, 3.05) is 31.5 Å². The normalized spacial score (nSPS) is 14.9. The maximum Gasteiger partial charge on any atom is 0.240 e. The molecule has 2 aromatic carbocycles. The Bertz CT molecular complexity index is 1190. The number of hydrogen-bond acceptors (Lipinski definition) is 5. The molecule has 0 unspecified atom stereocenters. The highest BCUT2D eigenvalue weighted by atomic mass is 32.2. The van der Waals surface area contributed by atoms with E-state index in [1.807, 2.05) is 60.7 Å². The lowest BCUT2D eigenvalue weighted by Gasteiger charge is -2.26. The van der Waals surface area contributed by atoms with E-state index in [1.165, 1.54) is 19.3 Å².